The monoisotopic (exact) mass is 326 g/mol. The van der Waals surface area contributed by atoms with Gasteiger partial charge in [0.25, 0.3) is 0 Å². The lowest BCUT2D eigenvalue weighted by Gasteiger charge is -2.12. The Hall–Kier alpha value is 0.270. The van der Waals surface area contributed by atoms with Crippen molar-refractivity contribution in [3.8, 4) is 5.75 Å². The van der Waals surface area contributed by atoms with Crippen molar-refractivity contribution in [2.24, 2.45) is 0 Å². The Balaban J connectivity index is 3.56. The summed E-state index contributed by atoms with van der Waals surface area (Å²) < 4.78 is 1.33. The van der Waals surface area contributed by atoms with Crippen molar-refractivity contribution in [3.63, 3.8) is 0 Å². The van der Waals surface area contributed by atoms with Crippen LogP contribution < -0.4 is 0 Å². The van der Waals surface area contributed by atoms with Crippen LogP contribution in [0.3, 0.4) is 0 Å². The molecule has 1 aromatic carbocycles. The van der Waals surface area contributed by atoms with E-state index in [0.717, 1.165) is 17.5 Å². The first-order chi connectivity index (χ1) is 6.00. The molecule has 0 aliphatic heterocycles. The predicted octanol–water partition coefficient (Wildman–Crippen LogP) is 4.44. The number of halogens is 3. The Bertz CT molecular complexity index is 321. The summed E-state index contributed by atoms with van der Waals surface area (Å²) in [4.78, 5) is 0. The van der Waals surface area contributed by atoms with Gasteiger partial charge in [0.15, 0.2) is 0 Å². The number of phenols is 1. The summed E-state index contributed by atoms with van der Waals surface area (Å²) in [5.41, 5.74) is 1.82. The third-order valence-corrected chi connectivity index (χ3v) is 4.29. The van der Waals surface area contributed by atoms with Crippen LogP contribution in [0.1, 0.15) is 18.1 Å². The lowest BCUT2D eigenvalue weighted by molar-refractivity contribution is 0.467. The van der Waals surface area contributed by atoms with Crippen LogP contribution in [-0.2, 0) is 6.42 Å². The van der Waals surface area contributed by atoms with Crippen LogP contribution in [0.25, 0.3) is 0 Å². The van der Waals surface area contributed by atoms with Gasteiger partial charge in [-0.3, -0.25) is 0 Å². The first kappa shape index (κ1) is 11.3. The second-order valence-electron chi connectivity index (χ2n) is 2.75. The van der Waals surface area contributed by atoms with Crippen LogP contribution >= 0.6 is 43.5 Å². The lowest BCUT2D eigenvalue weighted by Crippen LogP contribution is -1.91. The van der Waals surface area contributed by atoms with Crippen molar-refractivity contribution < 1.29 is 5.11 Å². The summed E-state index contributed by atoms with van der Waals surface area (Å²) >= 11 is 12.7. The SMILES string of the molecule is CCc1c(Cl)c(C)c(Br)c(O)c1Br. The second kappa shape index (κ2) is 4.20. The van der Waals surface area contributed by atoms with Gasteiger partial charge in [0.2, 0.25) is 0 Å². The molecular formula is C9H9Br2ClO. The molecule has 1 aromatic rings. The molecule has 0 saturated heterocycles. The maximum atomic E-state index is 9.67. The summed E-state index contributed by atoms with van der Waals surface area (Å²) in [5, 5.41) is 10.4. The zero-order valence-corrected chi connectivity index (χ0v) is 11.2. The van der Waals surface area contributed by atoms with Crippen LogP contribution in [0, 0.1) is 6.92 Å². The molecule has 0 fully saturated rings. The van der Waals surface area contributed by atoms with Crippen LogP contribution in [0.5, 0.6) is 5.75 Å². The highest BCUT2D eigenvalue weighted by atomic mass is 79.9. The van der Waals surface area contributed by atoms with Gasteiger partial charge < -0.3 is 5.11 Å². The van der Waals surface area contributed by atoms with Crippen LogP contribution in [0.4, 0.5) is 0 Å². The molecule has 0 aliphatic rings. The minimum Gasteiger partial charge on any atom is -0.506 e. The first-order valence-electron chi connectivity index (χ1n) is 3.85. The van der Waals surface area contributed by atoms with E-state index in [4.69, 9.17) is 11.6 Å². The van der Waals surface area contributed by atoms with Crippen molar-refractivity contribution >= 4 is 43.5 Å². The Morgan fingerprint density at radius 1 is 1.31 bits per heavy atom. The zero-order chi connectivity index (χ0) is 10.2. The highest BCUT2D eigenvalue weighted by Gasteiger charge is 2.15. The van der Waals surface area contributed by atoms with Gasteiger partial charge >= 0.3 is 0 Å². The van der Waals surface area contributed by atoms with E-state index in [0.29, 0.717) is 14.0 Å². The van der Waals surface area contributed by atoms with Gasteiger partial charge in [0, 0.05) is 5.02 Å². The van der Waals surface area contributed by atoms with Crippen LogP contribution in [-0.4, -0.2) is 5.11 Å². The fourth-order valence-corrected chi connectivity index (χ4v) is 3.04. The van der Waals surface area contributed by atoms with Gasteiger partial charge in [0.1, 0.15) is 5.75 Å². The van der Waals surface area contributed by atoms with Crippen molar-refractivity contribution in [2.45, 2.75) is 20.3 Å². The Labute approximate surface area is 99.4 Å². The molecular weight excluding hydrogens is 319 g/mol. The van der Waals surface area contributed by atoms with Gasteiger partial charge in [-0.25, -0.2) is 0 Å². The molecule has 0 amide bonds. The molecule has 0 atom stereocenters. The summed E-state index contributed by atoms with van der Waals surface area (Å²) in [6, 6.07) is 0. The summed E-state index contributed by atoms with van der Waals surface area (Å²) in [6.07, 6.45) is 0.793. The number of aromatic hydroxyl groups is 1. The molecule has 0 aromatic heterocycles. The molecule has 1 N–H and O–H groups in total. The van der Waals surface area contributed by atoms with Gasteiger partial charge in [-0.05, 0) is 56.3 Å². The molecule has 4 heteroatoms. The van der Waals surface area contributed by atoms with Crippen LogP contribution in [0.2, 0.25) is 5.02 Å². The van der Waals surface area contributed by atoms with Crippen molar-refractivity contribution in [1.29, 1.82) is 0 Å². The smallest absolute Gasteiger partial charge is 0.144 e. The summed E-state index contributed by atoms with van der Waals surface area (Å²) in [5.74, 6) is 0.221. The molecule has 0 aliphatic carbocycles. The molecule has 1 rings (SSSR count). The average Bonchev–Trinajstić information content (AvgIpc) is 2.13. The Kier molecular flexibility index (Phi) is 3.66. The van der Waals surface area contributed by atoms with Gasteiger partial charge in [-0.15, -0.1) is 0 Å². The Morgan fingerprint density at radius 3 is 2.31 bits per heavy atom. The maximum Gasteiger partial charge on any atom is 0.144 e. The minimum atomic E-state index is 0.221. The quantitative estimate of drug-likeness (QED) is 0.808. The molecule has 1 nitrogen and oxygen atoms in total. The minimum absolute atomic E-state index is 0.221. The molecule has 0 spiro atoms. The largest absolute Gasteiger partial charge is 0.506 e. The molecule has 0 saturated carbocycles. The predicted molar refractivity (Wildman–Crippen MR) is 62.6 cm³/mol. The second-order valence-corrected chi connectivity index (χ2v) is 4.71. The average molecular weight is 328 g/mol. The van der Waals surface area contributed by atoms with Gasteiger partial charge in [0.05, 0.1) is 8.95 Å². The van der Waals surface area contributed by atoms with E-state index in [2.05, 4.69) is 31.9 Å². The molecule has 0 radical (unpaired) electrons. The standard InChI is InChI=1S/C9H9Br2ClO/c1-3-5-7(11)9(13)6(10)4(2)8(5)12/h13H,3H2,1-2H3. The third kappa shape index (κ3) is 1.88. The molecule has 0 heterocycles. The number of hydrogen-bond donors (Lipinski definition) is 1. The molecule has 0 bridgehead atoms. The zero-order valence-electron chi connectivity index (χ0n) is 7.29. The van der Waals surface area contributed by atoms with Crippen molar-refractivity contribution in [3.05, 3.63) is 25.1 Å². The lowest BCUT2D eigenvalue weighted by atomic mass is 10.1. The van der Waals surface area contributed by atoms with Gasteiger partial charge in [-0.1, -0.05) is 18.5 Å². The van der Waals surface area contributed by atoms with Gasteiger partial charge in [-0.2, -0.15) is 0 Å². The summed E-state index contributed by atoms with van der Waals surface area (Å²) in [6.45, 7) is 3.87. The summed E-state index contributed by atoms with van der Waals surface area (Å²) in [7, 11) is 0. The Morgan fingerprint density at radius 2 is 1.85 bits per heavy atom. The normalized spacial score (nSPS) is 10.5. The fraction of sp³-hybridized carbons (Fsp3) is 0.333. The van der Waals surface area contributed by atoms with E-state index in [9.17, 15) is 5.11 Å². The highest BCUT2D eigenvalue weighted by molar-refractivity contribution is 9.11. The van der Waals surface area contributed by atoms with E-state index >= 15 is 0 Å². The molecule has 13 heavy (non-hydrogen) atoms. The van der Waals surface area contributed by atoms with E-state index < -0.39 is 0 Å². The number of phenolic OH excluding ortho intramolecular Hbond substituents is 1. The number of rotatable bonds is 1. The molecule has 0 unspecified atom stereocenters. The van der Waals surface area contributed by atoms with E-state index in [1.165, 1.54) is 0 Å². The fourth-order valence-electron chi connectivity index (χ4n) is 1.15. The van der Waals surface area contributed by atoms with E-state index in [-0.39, 0.29) is 5.75 Å². The first-order valence-corrected chi connectivity index (χ1v) is 5.82. The molecule has 72 valence electrons. The number of benzene rings is 1. The van der Waals surface area contributed by atoms with Crippen LogP contribution in [0.15, 0.2) is 8.95 Å². The number of hydrogen-bond acceptors (Lipinski definition) is 1. The topological polar surface area (TPSA) is 20.2 Å². The maximum absolute atomic E-state index is 9.67. The van der Waals surface area contributed by atoms with Crippen molar-refractivity contribution in [1.82, 2.24) is 0 Å². The van der Waals surface area contributed by atoms with Crippen molar-refractivity contribution in [2.75, 3.05) is 0 Å². The van der Waals surface area contributed by atoms with E-state index in [1.807, 2.05) is 13.8 Å². The highest BCUT2D eigenvalue weighted by Crippen LogP contribution is 2.42. The third-order valence-electron chi connectivity index (χ3n) is 1.96. The van der Waals surface area contributed by atoms with E-state index in [1.54, 1.807) is 0 Å².